The summed E-state index contributed by atoms with van der Waals surface area (Å²) >= 11 is 0. The molecule has 0 heterocycles. The summed E-state index contributed by atoms with van der Waals surface area (Å²) in [6, 6.07) is 11.9. The van der Waals surface area contributed by atoms with Crippen LogP contribution in [0.4, 0.5) is 5.69 Å². The van der Waals surface area contributed by atoms with Gasteiger partial charge in [0.15, 0.2) is 0 Å². The Kier molecular flexibility index (Phi) is 4.79. The Morgan fingerprint density at radius 3 is 2.81 bits per heavy atom. The van der Waals surface area contributed by atoms with E-state index in [1.807, 2.05) is 0 Å². The number of carbonyl (C=O) groups excluding carboxylic acids is 1. The van der Waals surface area contributed by atoms with E-state index in [4.69, 9.17) is 10.5 Å². The molecule has 5 heteroatoms. The molecule has 0 aliphatic rings. The van der Waals surface area contributed by atoms with Gasteiger partial charge in [0, 0.05) is 23.9 Å². The quantitative estimate of drug-likeness (QED) is 0.787. The lowest BCUT2D eigenvalue weighted by atomic mass is 10.1. The molecule has 0 saturated heterocycles. The van der Waals surface area contributed by atoms with E-state index >= 15 is 0 Å². The zero-order valence-electron chi connectivity index (χ0n) is 11.8. The molecule has 0 fully saturated rings. The molecule has 4 N–H and O–H groups in total. The number of rotatable bonds is 5. The van der Waals surface area contributed by atoms with E-state index in [1.165, 1.54) is 6.07 Å². The Morgan fingerprint density at radius 2 is 2.10 bits per heavy atom. The van der Waals surface area contributed by atoms with Crippen molar-refractivity contribution in [2.24, 2.45) is 5.73 Å². The van der Waals surface area contributed by atoms with Crippen LogP contribution in [0.3, 0.4) is 0 Å². The predicted molar refractivity (Wildman–Crippen MR) is 81.8 cm³/mol. The Labute approximate surface area is 123 Å². The maximum atomic E-state index is 12.1. The standard InChI is InChI=1S/C16H18N2O3/c1-11-5-6-12(9-15(11)19)16(20)18-13-3-2-4-14(10-13)21-8-7-17/h2-6,9-10,19H,7-8,17H2,1H3,(H,18,20). The second kappa shape index (κ2) is 6.76. The first-order valence-electron chi connectivity index (χ1n) is 6.64. The molecule has 0 bridgehead atoms. The molecule has 1 amide bonds. The summed E-state index contributed by atoms with van der Waals surface area (Å²) < 4.78 is 5.40. The number of ether oxygens (including phenoxy) is 1. The molecular weight excluding hydrogens is 268 g/mol. The normalized spacial score (nSPS) is 10.2. The molecule has 110 valence electrons. The first-order chi connectivity index (χ1) is 10.1. The third-order valence-electron chi connectivity index (χ3n) is 2.95. The van der Waals surface area contributed by atoms with Crippen molar-refractivity contribution in [3.05, 3.63) is 53.6 Å². The van der Waals surface area contributed by atoms with Crippen LogP contribution < -0.4 is 15.8 Å². The van der Waals surface area contributed by atoms with Gasteiger partial charge in [-0.05, 0) is 36.8 Å². The minimum atomic E-state index is -0.290. The fraction of sp³-hybridized carbons (Fsp3) is 0.188. The first-order valence-corrected chi connectivity index (χ1v) is 6.64. The fourth-order valence-corrected chi connectivity index (χ4v) is 1.79. The molecule has 5 nitrogen and oxygen atoms in total. The van der Waals surface area contributed by atoms with Crippen molar-refractivity contribution < 1.29 is 14.6 Å². The molecule has 0 aromatic heterocycles. The van der Waals surface area contributed by atoms with Gasteiger partial charge < -0.3 is 20.9 Å². The van der Waals surface area contributed by atoms with Gasteiger partial charge in [0.25, 0.3) is 5.91 Å². The zero-order chi connectivity index (χ0) is 15.2. The van der Waals surface area contributed by atoms with Crippen molar-refractivity contribution in [3.63, 3.8) is 0 Å². The highest BCUT2D eigenvalue weighted by molar-refractivity contribution is 6.04. The number of benzene rings is 2. The molecule has 0 aliphatic carbocycles. The molecule has 0 radical (unpaired) electrons. The van der Waals surface area contributed by atoms with Crippen LogP contribution in [0.15, 0.2) is 42.5 Å². The van der Waals surface area contributed by atoms with Crippen LogP contribution in [0.25, 0.3) is 0 Å². The molecule has 2 aromatic rings. The van der Waals surface area contributed by atoms with Crippen LogP contribution in [0.2, 0.25) is 0 Å². The second-order valence-corrected chi connectivity index (χ2v) is 4.62. The molecule has 0 aliphatic heterocycles. The van der Waals surface area contributed by atoms with E-state index in [0.29, 0.717) is 30.2 Å². The van der Waals surface area contributed by atoms with Crippen LogP contribution in [0.5, 0.6) is 11.5 Å². The lowest BCUT2D eigenvalue weighted by molar-refractivity contribution is 0.102. The Hall–Kier alpha value is -2.53. The Morgan fingerprint density at radius 1 is 1.29 bits per heavy atom. The van der Waals surface area contributed by atoms with Gasteiger partial charge in [-0.15, -0.1) is 0 Å². The average Bonchev–Trinajstić information content (AvgIpc) is 2.48. The van der Waals surface area contributed by atoms with Gasteiger partial charge in [-0.3, -0.25) is 4.79 Å². The number of nitrogens with two attached hydrogens (primary N) is 1. The molecule has 2 rings (SSSR count). The summed E-state index contributed by atoms with van der Waals surface area (Å²) in [4.78, 5) is 12.1. The van der Waals surface area contributed by atoms with Crippen molar-refractivity contribution in [1.82, 2.24) is 0 Å². The van der Waals surface area contributed by atoms with Gasteiger partial charge in [0.1, 0.15) is 18.1 Å². The number of amides is 1. The van der Waals surface area contributed by atoms with Gasteiger partial charge in [0.05, 0.1) is 0 Å². The number of carbonyl (C=O) groups is 1. The summed E-state index contributed by atoms with van der Waals surface area (Å²) in [7, 11) is 0. The highest BCUT2D eigenvalue weighted by Gasteiger charge is 2.08. The van der Waals surface area contributed by atoms with Crippen LogP contribution in [-0.4, -0.2) is 24.2 Å². The maximum Gasteiger partial charge on any atom is 0.255 e. The Balaban J connectivity index is 2.10. The molecule has 2 aromatic carbocycles. The van der Waals surface area contributed by atoms with E-state index in [1.54, 1.807) is 43.3 Å². The lowest BCUT2D eigenvalue weighted by Gasteiger charge is -2.09. The van der Waals surface area contributed by atoms with Gasteiger partial charge in [-0.2, -0.15) is 0 Å². The number of phenolic OH excluding ortho intramolecular Hbond substituents is 1. The summed E-state index contributed by atoms with van der Waals surface area (Å²) in [6.45, 7) is 2.62. The van der Waals surface area contributed by atoms with E-state index in [2.05, 4.69) is 5.32 Å². The van der Waals surface area contributed by atoms with Gasteiger partial charge in [0.2, 0.25) is 0 Å². The van der Waals surface area contributed by atoms with Crippen molar-refractivity contribution in [2.75, 3.05) is 18.5 Å². The minimum absolute atomic E-state index is 0.0997. The van der Waals surface area contributed by atoms with Crippen LogP contribution in [0.1, 0.15) is 15.9 Å². The molecule has 0 unspecified atom stereocenters. The van der Waals surface area contributed by atoms with E-state index in [-0.39, 0.29) is 11.7 Å². The lowest BCUT2D eigenvalue weighted by Crippen LogP contribution is -2.13. The summed E-state index contributed by atoms with van der Waals surface area (Å²) in [5, 5.41) is 12.4. The van der Waals surface area contributed by atoms with E-state index in [9.17, 15) is 9.90 Å². The molecule has 21 heavy (non-hydrogen) atoms. The SMILES string of the molecule is Cc1ccc(C(=O)Nc2cccc(OCCN)c2)cc1O. The third-order valence-corrected chi connectivity index (χ3v) is 2.95. The van der Waals surface area contributed by atoms with Crippen molar-refractivity contribution >= 4 is 11.6 Å². The van der Waals surface area contributed by atoms with Crippen LogP contribution in [0, 0.1) is 6.92 Å². The van der Waals surface area contributed by atoms with Crippen molar-refractivity contribution in [3.8, 4) is 11.5 Å². The topological polar surface area (TPSA) is 84.6 Å². The molecular formula is C16H18N2O3. The zero-order valence-corrected chi connectivity index (χ0v) is 11.8. The smallest absolute Gasteiger partial charge is 0.255 e. The number of hydrogen-bond acceptors (Lipinski definition) is 4. The number of anilines is 1. The fourth-order valence-electron chi connectivity index (χ4n) is 1.79. The maximum absolute atomic E-state index is 12.1. The number of hydrogen-bond donors (Lipinski definition) is 3. The first kappa shape index (κ1) is 14.9. The van der Waals surface area contributed by atoms with Gasteiger partial charge >= 0.3 is 0 Å². The number of aryl methyl sites for hydroxylation is 1. The summed E-state index contributed by atoms with van der Waals surface area (Å²) in [5.74, 6) is 0.453. The number of aromatic hydroxyl groups is 1. The van der Waals surface area contributed by atoms with Crippen LogP contribution in [-0.2, 0) is 0 Å². The third kappa shape index (κ3) is 3.97. The number of nitrogens with one attached hydrogen (secondary N) is 1. The van der Waals surface area contributed by atoms with Crippen molar-refractivity contribution in [1.29, 1.82) is 0 Å². The largest absolute Gasteiger partial charge is 0.508 e. The molecule has 0 saturated carbocycles. The van der Waals surface area contributed by atoms with Gasteiger partial charge in [-0.1, -0.05) is 12.1 Å². The second-order valence-electron chi connectivity index (χ2n) is 4.62. The summed E-state index contributed by atoms with van der Waals surface area (Å²) in [6.07, 6.45) is 0. The van der Waals surface area contributed by atoms with Gasteiger partial charge in [-0.25, -0.2) is 0 Å². The molecule has 0 spiro atoms. The van der Waals surface area contributed by atoms with Crippen molar-refractivity contribution in [2.45, 2.75) is 6.92 Å². The number of phenols is 1. The van der Waals surface area contributed by atoms with E-state index in [0.717, 1.165) is 5.56 Å². The monoisotopic (exact) mass is 286 g/mol. The van der Waals surface area contributed by atoms with Crippen LogP contribution >= 0.6 is 0 Å². The Bertz CT molecular complexity index is 641. The highest BCUT2D eigenvalue weighted by atomic mass is 16.5. The van der Waals surface area contributed by atoms with E-state index < -0.39 is 0 Å². The minimum Gasteiger partial charge on any atom is -0.508 e. The predicted octanol–water partition coefficient (Wildman–Crippen LogP) is 2.29. The summed E-state index contributed by atoms with van der Waals surface area (Å²) in [5.41, 5.74) is 7.12. The average molecular weight is 286 g/mol. The molecule has 0 atom stereocenters. The highest BCUT2D eigenvalue weighted by Crippen LogP contribution is 2.20.